The van der Waals surface area contributed by atoms with Gasteiger partial charge < -0.3 is 9.84 Å². The van der Waals surface area contributed by atoms with Gasteiger partial charge in [0.05, 0.1) is 13.2 Å². The number of nitrogens with zero attached hydrogens (tertiary/aromatic N) is 1. The molecule has 1 saturated heterocycles. The second-order valence-corrected chi connectivity index (χ2v) is 2.80. The summed E-state index contributed by atoms with van der Waals surface area (Å²) in [6.07, 6.45) is 0.0865. The number of likely N-dealkylation sites (tertiary alicyclic amines) is 1. The van der Waals surface area contributed by atoms with Crippen molar-refractivity contribution >= 4 is 5.97 Å². The van der Waals surface area contributed by atoms with Crippen molar-refractivity contribution in [2.45, 2.75) is 18.6 Å². The number of methoxy groups -OCH3 is 1. The van der Waals surface area contributed by atoms with E-state index in [4.69, 9.17) is 0 Å². The van der Waals surface area contributed by atoms with Gasteiger partial charge in [0.1, 0.15) is 6.04 Å². The summed E-state index contributed by atoms with van der Waals surface area (Å²) < 4.78 is 4.53. The van der Waals surface area contributed by atoms with Crippen LogP contribution in [-0.4, -0.2) is 48.8 Å². The van der Waals surface area contributed by atoms with Crippen molar-refractivity contribution in [3.05, 3.63) is 0 Å². The summed E-state index contributed by atoms with van der Waals surface area (Å²) in [5.74, 6) is -0.350. The highest BCUT2D eigenvalue weighted by Crippen LogP contribution is 2.16. The summed E-state index contributed by atoms with van der Waals surface area (Å²) in [4.78, 5) is 12.8. The number of carbonyl (C=O) groups excluding carboxylic acids is 1. The number of ether oxygens (including phenoxy) is 1. The van der Waals surface area contributed by atoms with E-state index in [-0.39, 0.29) is 5.97 Å². The van der Waals surface area contributed by atoms with Crippen molar-refractivity contribution in [2.24, 2.45) is 0 Å². The van der Waals surface area contributed by atoms with Crippen molar-refractivity contribution in [1.29, 1.82) is 0 Å². The predicted octanol–water partition coefficient (Wildman–Crippen LogP) is -0.776. The lowest BCUT2D eigenvalue weighted by atomic mass is 10.2. The normalized spacial score (nSPS) is 32.3. The Labute approximate surface area is 65.8 Å². The molecule has 0 unspecified atom stereocenters. The average Bonchev–Trinajstić information content (AvgIpc) is 2.30. The third kappa shape index (κ3) is 1.52. The van der Waals surface area contributed by atoms with Gasteiger partial charge >= 0.3 is 5.97 Å². The molecule has 1 aliphatic heterocycles. The summed E-state index contributed by atoms with van der Waals surface area (Å²) in [5, 5.41) is 9.32. The second-order valence-electron chi connectivity index (χ2n) is 2.80. The Kier molecular flexibility index (Phi) is 2.46. The van der Waals surface area contributed by atoms with Crippen LogP contribution < -0.4 is 0 Å². The standard InChI is InChI=1S/C7H13NO3/c1-8-4-3-5(9)6(8)7(10)11-2/h5-6,9H,3-4H2,1-2H3/t5-,6+/m1/s1. The first kappa shape index (κ1) is 8.49. The molecule has 0 bridgehead atoms. The molecule has 0 aromatic rings. The first-order chi connectivity index (χ1) is 5.16. The Morgan fingerprint density at radius 2 is 2.36 bits per heavy atom. The summed E-state index contributed by atoms with van der Waals surface area (Å²) >= 11 is 0. The van der Waals surface area contributed by atoms with Crippen LogP contribution in [0, 0.1) is 0 Å². The third-order valence-corrected chi connectivity index (χ3v) is 2.06. The third-order valence-electron chi connectivity index (χ3n) is 2.06. The van der Waals surface area contributed by atoms with Crippen molar-refractivity contribution in [3.8, 4) is 0 Å². The fourth-order valence-corrected chi connectivity index (χ4v) is 1.38. The largest absolute Gasteiger partial charge is 0.468 e. The lowest BCUT2D eigenvalue weighted by Gasteiger charge is -2.18. The molecule has 64 valence electrons. The highest BCUT2D eigenvalue weighted by atomic mass is 16.5. The first-order valence-electron chi connectivity index (χ1n) is 3.63. The highest BCUT2D eigenvalue weighted by Gasteiger charge is 2.36. The monoisotopic (exact) mass is 159 g/mol. The number of likely N-dealkylation sites (N-methyl/N-ethyl adjacent to an activating group) is 1. The molecule has 0 spiro atoms. The number of aliphatic hydroxyl groups is 1. The minimum absolute atomic E-state index is 0.350. The summed E-state index contributed by atoms with van der Waals surface area (Å²) in [5.41, 5.74) is 0. The number of hydrogen-bond acceptors (Lipinski definition) is 4. The summed E-state index contributed by atoms with van der Waals surface area (Å²) in [6.45, 7) is 0.751. The van der Waals surface area contributed by atoms with Crippen LogP contribution in [-0.2, 0) is 9.53 Å². The lowest BCUT2D eigenvalue weighted by Crippen LogP contribution is -2.40. The second kappa shape index (κ2) is 3.19. The van der Waals surface area contributed by atoms with Gasteiger partial charge in [-0.25, -0.2) is 0 Å². The summed E-state index contributed by atoms with van der Waals surface area (Å²) in [6, 6.07) is -0.458. The zero-order valence-corrected chi connectivity index (χ0v) is 6.78. The topological polar surface area (TPSA) is 49.8 Å². The fourth-order valence-electron chi connectivity index (χ4n) is 1.38. The molecule has 0 aromatic carbocycles. The highest BCUT2D eigenvalue weighted by molar-refractivity contribution is 5.76. The van der Waals surface area contributed by atoms with Crippen LogP contribution in [0.3, 0.4) is 0 Å². The van der Waals surface area contributed by atoms with Gasteiger partial charge in [0.25, 0.3) is 0 Å². The van der Waals surface area contributed by atoms with Gasteiger partial charge in [0.15, 0.2) is 0 Å². The molecule has 0 amide bonds. The molecule has 0 aromatic heterocycles. The Morgan fingerprint density at radius 3 is 2.73 bits per heavy atom. The van der Waals surface area contributed by atoms with E-state index in [2.05, 4.69) is 4.74 Å². The molecule has 2 atom stereocenters. The molecule has 1 rings (SSSR count). The van der Waals surface area contributed by atoms with Crippen LogP contribution in [0.4, 0.5) is 0 Å². The van der Waals surface area contributed by atoms with E-state index in [1.54, 1.807) is 11.9 Å². The lowest BCUT2D eigenvalue weighted by molar-refractivity contribution is -0.148. The molecule has 4 nitrogen and oxygen atoms in total. The van der Waals surface area contributed by atoms with Gasteiger partial charge in [-0.05, 0) is 13.5 Å². The molecule has 1 aliphatic rings. The molecule has 0 radical (unpaired) electrons. The number of carbonyl (C=O) groups is 1. The number of hydrogen-bond donors (Lipinski definition) is 1. The van der Waals surface area contributed by atoms with E-state index in [9.17, 15) is 9.90 Å². The van der Waals surface area contributed by atoms with E-state index >= 15 is 0 Å². The molecule has 4 heteroatoms. The summed E-state index contributed by atoms with van der Waals surface area (Å²) in [7, 11) is 3.14. The van der Waals surface area contributed by atoms with E-state index in [1.807, 2.05) is 0 Å². The van der Waals surface area contributed by atoms with E-state index in [1.165, 1.54) is 7.11 Å². The smallest absolute Gasteiger partial charge is 0.325 e. The molecular weight excluding hydrogens is 146 g/mol. The van der Waals surface area contributed by atoms with Gasteiger partial charge in [0, 0.05) is 6.54 Å². The Hall–Kier alpha value is -0.610. The van der Waals surface area contributed by atoms with Crippen LogP contribution in [0.25, 0.3) is 0 Å². The first-order valence-corrected chi connectivity index (χ1v) is 3.63. The number of esters is 1. The molecule has 11 heavy (non-hydrogen) atoms. The van der Waals surface area contributed by atoms with Crippen LogP contribution in [0.15, 0.2) is 0 Å². The van der Waals surface area contributed by atoms with Crippen molar-refractivity contribution in [1.82, 2.24) is 4.90 Å². The molecule has 1 N–H and O–H groups in total. The van der Waals surface area contributed by atoms with Crippen LogP contribution in [0.5, 0.6) is 0 Å². The van der Waals surface area contributed by atoms with E-state index < -0.39 is 12.1 Å². The van der Waals surface area contributed by atoms with Gasteiger partial charge in [-0.3, -0.25) is 9.69 Å². The molecule has 1 heterocycles. The fraction of sp³-hybridized carbons (Fsp3) is 0.857. The molecular formula is C7H13NO3. The van der Waals surface area contributed by atoms with Crippen LogP contribution in [0.2, 0.25) is 0 Å². The minimum Gasteiger partial charge on any atom is -0.468 e. The van der Waals surface area contributed by atoms with E-state index in [0.717, 1.165) is 6.54 Å². The minimum atomic E-state index is -0.563. The average molecular weight is 159 g/mol. The maximum atomic E-state index is 11.0. The maximum absolute atomic E-state index is 11.0. The van der Waals surface area contributed by atoms with Crippen LogP contribution in [0.1, 0.15) is 6.42 Å². The van der Waals surface area contributed by atoms with Crippen molar-refractivity contribution < 1.29 is 14.6 Å². The Balaban J connectivity index is 2.60. The van der Waals surface area contributed by atoms with Crippen LogP contribution >= 0.6 is 0 Å². The molecule has 0 aliphatic carbocycles. The molecule has 0 saturated carbocycles. The SMILES string of the molecule is COC(=O)[C@@H]1[C@H](O)CCN1C. The Morgan fingerprint density at radius 1 is 1.73 bits per heavy atom. The number of aliphatic hydroxyl groups excluding tert-OH is 1. The van der Waals surface area contributed by atoms with Gasteiger partial charge in [-0.15, -0.1) is 0 Å². The van der Waals surface area contributed by atoms with Gasteiger partial charge in [-0.1, -0.05) is 0 Å². The zero-order valence-electron chi connectivity index (χ0n) is 6.78. The van der Waals surface area contributed by atoms with Gasteiger partial charge in [-0.2, -0.15) is 0 Å². The van der Waals surface area contributed by atoms with E-state index in [0.29, 0.717) is 6.42 Å². The number of rotatable bonds is 1. The van der Waals surface area contributed by atoms with Crippen molar-refractivity contribution in [2.75, 3.05) is 20.7 Å². The Bertz CT molecular complexity index is 150. The molecule has 1 fully saturated rings. The van der Waals surface area contributed by atoms with Gasteiger partial charge in [0.2, 0.25) is 0 Å². The van der Waals surface area contributed by atoms with Crippen molar-refractivity contribution in [3.63, 3.8) is 0 Å². The predicted molar refractivity (Wildman–Crippen MR) is 39.1 cm³/mol. The maximum Gasteiger partial charge on any atom is 0.325 e. The zero-order chi connectivity index (χ0) is 8.43. The quantitative estimate of drug-likeness (QED) is 0.510.